The SMILES string of the molecule is OCCOc1cc(F)cc(CNC2CC2)c1. The van der Waals surface area contributed by atoms with Crippen LogP contribution in [0, 0.1) is 5.82 Å². The zero-order valence-electron chi connectivity index (χ0n) is 9.08. The number of hydrogen-bond acceptors (Lipinski definition) is 3. The first-order chi connectivity index (χ1) is 7.78. The lowest BCUT2D eigenvalue weighted by Gasteiger charge is -2.08. The third kappa shape index (κ3) is 3.47. The van der Waals surface area contributed by atoms with E-state index in [1.165, 1.54) is 25.0 Å². The zero-order valence-corrected chi connectivity index (χ0v) is 9.08. The summed E-state index contributed by atoms with van der Waals surface area (Å²) in [6.07, 6.45) is 2.42. The number of aliphatic hydroxyl groups excluding tert-OH is 1. The molecule has 0 radical (unpaired) electrons. The minimum absolute atomic E-state index is 0.0633. The van der Waals surface area contributed by atoms with Gasteiger partial charge in [-0.1, -0.05) is 0 Å². The fourth-order valence-corrected chi connectivity index (χ4v) is 1.52. The molecule has 1 aliphatic carbocycles. The van der Waals surface area contributed by atoms with Crippen molar-refractivity contribution in [3.63, 3.8) is 0 Å². The largest absolute Gasteiger partial charge is 0.491 e. The lowest BCUT2D eigenvalue weighted by Crippen LogP contribution is -2.15. The molecule has 3 nitrogen and oxygen atoms in total. The van der Waals surface area contributed by atoms with Crippen LogP contribution in [-0.4, -0.2) is 24.4 Å². The highest BCUT2D eigenvalue weighted by atomic mass is 19.1. The normalized spacial score (nSPS) is 15.1. The minimum Gasteiger partial charge on any atom is -0.491 e. The van der Waals surface area contributed by atoms with Crippen LogP contribution in [0.4, 0.5) is 4.39 Å². The van der Waals surface area contributed by atoms with Crippen molar-refractivity contribution in [2.45, 2.75) is 25.4 Å². The van der Waals surface area contributed by atoms with Gasteiger partial charge in [0.15, 0.2) is 0 Å². The molecule has 1 fully saturated rings. The summed E-state index contributed by atoms with van der Waals surface area (Å²) < 4.78 is 18.4. The Bertz CT molecular complexity index is 353. The van der Waals surface area contributed by atoms with Gasteiger partial charge in [0.1, 0.15) is 18.2 Å². The lowest BCUT2D eigenvalue weighted by molar-refractivity contribution is 0.201. The predicted molar refractivity (Wildman–Crippen MR) is 58.8 cm³/mol. The number of nitrogens with one attached hydrogen (secondary N) is 1. The van der Waals surface area contributed by atoms with Crippen LogP contribution in [-0.2, 0) is 6.54 Å². The van der Waals surface area contributed by atoms with Crippen LogP contribution in [0.2, 0.25) is 0 Å². The number of halogens is 1. The van der Waals surface area contributed by atoms with Gasteiger partial charge in [-0.05, 0) is 30.5 Å². The maximum Gasteiger partial charge on any atom is 0.127 e. The van der Waals surface area contributed by atoms with Crippen LogP contribution in [0.15, 0.2) is 18.2 Å². The molecule has 1 aromatic rings. The van der Waals surface area contributed by atoms with E-state index in [-0.39, 0.29) is 19.0 Å². The zero-order chi connectivity index (χ0) is 11.4. The van der Waals surface area contributed by atoms with E-state index in [4.69, 9.17) is 9.84 Å². The maximum atomic E-state index is 13.2. The van der Waals surface area contributed by atoms with E-state index < -0.39 is 0 Å². The van der Waals surface area contributed by atoms with E-state index in [0.29, 0.717) is 18.3 Å². The second-order valence-corrected chi connectivity index (χ2v) is 4.02. The summed E-state index contributed by atoms with van der Waals surface area (Å²) in [6, 6.07) is 5.23. The Hall–Kier alpha value is -1.13. The first-order valence-electron chi connectivity index (χ1n) is 5.54. The smallest absolute Gasteiger partial charge is 0.127 e. The Morgan fingerprint density at radius 1 is 1.38 bits per heavy atom. The van der Waals surface area contributed by atoms with Crippen LogP contribution in [0.25, 0.3) is 0 Å². The molecule has 0 spiro atoms. The molecule has 0 atom stereocenters. The summed E-state index contributed by atoms with van der Waals surface area (Å²) in [6.45, 7) is 0.795. The molecule has 0 saturated heterocycles. The van der Waals surface area contributed by atoms with Gasteiger partial charge in [-0.3, -0.25) is 0 Å². The molecule has 2 rings (SSSR count). The molecule has 0 unspecified atom stereocenters. The second-order valence-electron chi connectivity index (χ2n) is 4.02. The van der Waals surface area contributed by atoms with Gasteiger partial charge >= 0.3 is 0 Å². The number of rotatable bonds is 6. The molecule has 0 bridgehead atoms. The number of ether oxygens (including phenoxy) is 1. The second kappa shape index (κ2) is 5.27. The minimum atomic E-state index is -0.303. The van der Waals surface area contributed by atoms with Crippen molar-refractivity contribution in [3.8, 4) is 5.75 Å². The van der Waals surface area contributed by atoms with E-state index in [2.05, 4.69) is 5.32 Å². The van der Waals surface area contributed by atoms with Gasteiger partial charge < -0.3 is 15.2 Å². The van der Waals surface area contributed by atoms with Crippen molar-refractivity contribution >= 4 is 0 Å². The molecule has 1 saturated carbocycles. The summed E-state index contributed by atoms with van der Waals surface area (Å²) in [5.74, 6) is 0.171. The molecular formula is C12H16FNO2. The standard InChI is InChI=1S/C12H16FNO2/c13-10-5-9(8-14-11-1-2-11)6-12(7-10)16-4-3-15/h5-7,11,14-15H,1-4,8H2. The van der Waals surface area contributed by atoms with Gasteiger partial charge in [0.25, 0.3) is 0 Å². The van der Waals surface area contributed by atoms with Crippen molar-refractivity contribution in [1.82, 2.24) is 5.32 Å². The van der Waals surface area contributed by atoms with Gasteiger partial charge in [-0.25, -0.2) is 4.39 Å². The fourth-order valence-electron chi connectivity index (χ4n) is 1.52. The molecule has 88 valence electrons. The third-order valence-corrected chi connectivity index (χ3v) is 2.46. The highest BCUT2D eigenvalue weighted by molar-refractivity contribution is 5.29. The van der Waals surface area contributed by atoms with E-state index in [1.807, 2.05) is 0 Å². The van der Waals surface area contributed by atoms with Crippen molar-refractivity contribution in [1.29, 1.82) is 0 Å². The first-order valence-corrected chi connectivity index (χ1v) is 5.54. The lowest BCUT2D eigenvalue weighted by atomic mass is 10.2. The third-order valence-electron chi connectivity index (χ3n) is 2.46. The summed E-state index contributed by atoms with van der Waals surface area (Å²) in [4.78, 5) is 0. The van der Waals surface area contributed by atoms with Crippen molar-refractivity contribution < 1.29 is 14.2 Å². The number of hydrogen-bond donors (Lipinski definition) is 2. The maximum absolute atomic E-state index is 13.2. The molecule has 4 heteroatoms. The summed E-state index contributed by atoms with van der Waals surface area (Å²) in [5.41, 5.74) is 0.875. The van der Waals surface area contributed by atoms with Gasteiger partial charge in [0, 0.05) is 18.7 Å². The highest BCUT2D eigenvalue weighted by Crippen LogP contribution is 2.21. The number of aliphatic hydroxyl groups is 1. The van der Waals surface area contributed by atoms with E-state index >= 15 is 0 Å². The summed E-state index contributed by atoms with van der Waals surface area (Å²) in [7, 11) is 0. The molecule has 1 aromatic carbocycles. The van der Waals surface area contributed by atoms with Crippen LogP contribution in [0.1, 0.15) is 18.4 Å². The molecule has 0 amide bonds. The van der Waals surface area contributed by atoms with Gasteiger partial charge in [0.2, 0.25) is 0 Å². The molecular weight excluding hydrogens is 209 g/mol. The topological polar surface area (TPSA) is 41.5 Å². The van der Waals surface area contributed by atoms with Crippen LogP contribution < -0.4 is 10.1 Å². The van der Waals surface area contributed by atoms with Crippen molar-refractivity contribution in [2.24, 2.45) is 0 Å². The van der Waals surface area contributed by atoms with Crippen LogP contribution in [0.5, 0.6) is 5.75 Å². The summed E-state index contributed by atoms with van der Waals surface area (Å²) >= 11 is 0. The van der Waals surface area contributed by atoms with Crippen LogP contribution in [0.3, 0.4) is 0 Å². The molecule has 2 N–H and O–H groups in total. The van der Waals surface area contributed by atoms with Crippen LogP contribution >= 0.6 is 0 Å². The molecule has 16 heavy (non-hydrogen) atoms. The quantitative estimate of drug-likeness (QED) is 0.770. The first kappa shape index (κ1) is 11.4. The molecule has 1 aliphatic rings. The van der Waals surface area contributed by atoms with Gasteiger partial charge in [-0.2, -0.15) is 0 Å². The molecule has 0 aliphatic heterocycles. The molecule has 0 aromatic heterocycles. The van der Waals surface area contributed by atoms with E-state index in [1.54, 1.807) is 6.07 Å². The van der Waals surface area contributed by atoms with Gasteiger partial charge in [-0.15, -0.1) is 0 Å². The predicted octanol–water partition coefficient (Wildman–Crippen LogP) is 1.45. The fraction of sp³-hybridized carbons (Fsp3) is 0.500. The van der Waals surface area contributed by atoms with Gasteiger partial charge in [0.05, 0.1) is 6.61 Å². The average Bonchev–Trinajstić information content (AvgIpc) is 3.07. The highest BCUT2D eigenvalue weighted by Gasteiger charge is 2.20. The van der Waals surface area contributed by atoms with Crippen molar-refractivity contribution in [3.05, 3.63) is 29.6 Å². The van der Waals surface area contributed by atoms with E-state index in [9.17, 15) is 4.39 Å². The Morgan fingerprint density at radius 3 is 2.88 bits per heavy atom. The summed E-state index contributed by atoms with van der Waals surface area (Å²) in [5, 5.41) is 11.9. The monoisotopic (exact) mass is 225 g/mol. The average molecular weight is 225 g/mol. The molecule has 0 heterocycles. The Kier molecular flexibility index (Phi) is 3.74. The number of benzene rings is 1. The van der Waals surface area contributed by atoms with E-state index in [0.717, 1.165) is 5.56 Å². The van der Waals surface area contributed by atoms with Crippen molar-refractivity contribution in [2.75, 3.05) is 13.2 Å². The Balaban J connectivity index is 1.96. The Morgan fingerprint density at radius 2 is 2.19 bits per heavy atom. The Labute approximate surface area is 94.2 Å².